The molecule has 2 aromatic carbocycles. The van der Waals surface area contributed by atoms with E-state index in [0.29, 0.717) is 11.5 Å². The average Bonchev–Trinajstić information content (AvgIpc) is 2.95. The number of nitrogens with one attached hydrogen (secondary N) is 1. The van der Waals surface area contributed by atoms with Crippen molar-refractivity contribution in [1.29, 1.82) is 0 Å². The molecule has 0 spiro atoms. The third-order valence-corrected chi connectivity index (χ3v) is 5.34. The molecule has 1 N–H and O–H groups in total. The molecule has 1 fully saturated rings. The van der Waals surface area contributed by atoms with Crippen molar-refractivity contribution in [3.05, 3.63) is 48.0 Å². The Hall–Kier alpha value is -1.34. The maximum atomic E-state index is 3.78. The van der Waals surface area contributed by atoms with Gasteiger partial charge in [-0.15, -0.1) is 0 Å². The Morgan fingerprint density at radius 2 is 1.76 bits per heavy atom. The summed E-state index contributed by atoms with van der Waals surface area (Å²) in [5.41, 5.74) is 1.96. The summed E-state index contributed by atoms with van der Waals surface area (Å²) in [6.45, 7) is 5.78. The molecule has 1 atom stereocenters. The number of hydrogen-bond acceptors (Lipinski definition) is 1. The van der Waals surface area contributed by atoms with Crippen LogP contribution in [0.3, 0.4) is 0 Å². The molecule has 0 aromatic heterocycles. The summed E-state index contributed by atoms with van der Waals surface area (Å²) in [5, 5.41) is 6.56. The van der Waals surface area contributed by atoms with Gasteiger partial charge in [-0.2, -0.15) is 0 Å². The van der Waals surface area contributed by atoms with Crippen LogP contribution in [-0.4, -0.2) is 12.6 Å². The van der Waals surface area contributed by atoms with Crippen molar-refractivity contribution < 1.29 is 0 Å². The zero-order valence-corrected chi connectivity index (χ0v) is 13.4. The summed E-state index contributed by atoms with van der Waals surface area (Å²) in [6.07, 6.45) is 6.68. The zero-order chi connectivity index (χ0) is 14.7. The number of fused-ring (bicyclic) bond motifs is 1. The van der Waals surface area contributed by atoms with Gasteiger partial charge in [-0.3, -0.25) is 0 Å². The Morgan fingerprint density at radius 3 is 2.52 bits per heavy atom. The van der Waals surface area contributed by atoms with Gasteiger partial charge in [0.05, 0.1) is 0 Å². The first kappa shape index (κ1) is 14.6. The topological polar surface area (TPSA) is 12.0 Å². The van der Waals surface area contributed by atoms with E-state index in [0.717, 1.165) is 13.0 Å². The highest BCUT2D eigenvalue weighted by Gasteiger charge is 2.36. The first-order valence-electron chi connectivity index (χ1n) is 8.43. The molecule has 3 rings (SSSR count). The Balaban J connectivity index is 1.91. The summed E-state index contributed by atoms with van der Waals surface area (Å²) < 4.78 is 0. The molecule has 0 aliphatic heterocycles. The van der Waals surface area contributed by atoms with E-state index in [1.807, 2.05) is 0 Å². The lowest BCUT2D eigenvalue weighted by molar-refractivity contribution is 0.222. The number of rotatable bonds is 5. The van der Waals surface area contributed by atoms with Gasteiger partial charge in [0.2, 0.25) is 0 Å². The molecule has 1 heteroatoms. The van der Waals surface area contributed by atoms with Crippen LogP contribution in [0.1, 0.15) is 45.1 Å². The maximum absolute atomic E-state index is 3.78. The average molecular weight is 281 g/mol. The lowest BCUT2D eigenvalue weighted by Crippen LogP contribution is -2.43. The van der Waals surface area contributed by atoms with Gasteiger partial charge >= 0.3 is 0 Å². The minimum Gasteiger partial charge on any atom is -0.313 e. The van der Waals surface area contributed by atoms with Gasteiger partial charge in [-0.25, -0.2) is 0 Å². The lowest BCUT2D eigenvalue weighted by atomic mass is 9.77. The van der Waals surface area contributed by atoms with Crippen molar-refractivity contribution in [2.24, 2.45) is 5.41 Å². The smallest absolute Gasteiger partial charge is 0.0161 e. The van der Waals surface area contributed by atoms with Gasteiger partial charge in [0.1, 0.15) is 0 Å². The van der Waals surface area contributed by atoms with Crippen LogP contribution in [0.15, 0.2) is 42.5 Å². The molecule has 21 heavy (non-hydrogen) atoms. The molecule has 1 saturated carbocycles. The highest BCUT2D eigenvalue weighted by molar-refractivity contribution is 5.85. The molecule has 1 nitrogen and oxygen atoms in total. The standard InChI is InChI=1S/C20H27N/c1-3-21-19(20(2)13-6-7-14-20)15-17-11-8-10-16-9-4-5-12-18(16)17/h4-5,8-12,19,21H,3,6-7,13-15H2,1-2H3. The second kappa shape index (κ2) is 6.19. The van der Waals surface area contributed by atoms with Gasteiger partial charge in [-0.1, -0.05) is 69.2 Å². The summed E-state index contributed by atoms with van der Waals surface area (Å²) in [6, 6.07) is 16.1. The van der Waals surface area contributed by atoms with Crippen molar-refractivity contribution in [3.63, 3.8) is 0 Å². The number of likely N-dealkylation sites (N-methyl/N-ethyl adjacent to an activating group) is 1. The second-order valence-corrected chi connectivity index (χ2v) is 6.81. The van der Waals surface area contributed by atoms with E-state index >= 15 is 0 Å². The molecule has 0 amide bonds. The first-order valence-corrected chi connectivity index (χ1v) is 8.43. The molecule has 0 radical (unpaired) electrons. The second-order valence-electron chi connectivity index (χ2n) is 6.81. The fourth-order valence-electron chi connectivity index (χ4n) is 4.03. The molecule has 112 valence electrons. The third kappa shape index (κ3) is 2.98. The van der Waals surface area contributed by atoms with Gasteiger partial charge < -0.3 is 5.32 Å². The molecular weight excluding hydrogens is 254 g/mol. The van der Waals surface area contributed by atoms with E-state index < -0.39 is 0 Å². The van der Waals surface area contributed by atoms with E-state index in [-0.39, 0.29) is 0 Å². The Morgan fingerprint density at radius 1 is 1.05 bits per heavy atom. The van der Waals surface area contributed by atoms with Crippen LogP contribution in [0.4, 0.5) is 0 Å². The van der Waals surface area contributed by atoms with E-state index in [4.69, 9.17) is 0 Å². The number of benzene rings is 2. The van der Waals surface area contributed by atoms with E-state index in [2.05, 4.69) is 61.6 Å². The summed E-state index contributed by atoms with van der Waals surface area (Å²) in [5.74, 6) is 0. The van der Waals surface area contributed by atoms with E-state index in [9.17, 15) is 0 Å². The van der Waals surface area contributed by atoms with Crippen LogP contribution in [0.5, 0.6) is 0 Å². The zero-order valence-electron chi connectivity index (χ0n) is 13.4. The van der Waals surface area contributed by atoms with Crippen LogP contribution in [0.25, 0.3) is 10.8 Å². The number of hydrogen-bond donors (Lipinski definition) is 1. The minimum atomic E-state index is 0.465. The summed E-state index contributed by atoms with van der Waals surface area (Å²) >= 11 is 0. The van der Waals surface area contributed by atoms with Gasteiger partial charge in [-0.05, 0) is 47.6 Å². The molecule has 1 unspecified atom stereocenters. The van der Waals surface area contributed by atoms with E-state index in [1.54, 1.807) is 0 Å². The van der Waals surface area contributed by atoms with Crippen molar-refractivity contribution in [1.82, 2.24) is 5.32 Å². The van der Waals surface area contributed by atoms with Crippen LogP contribution >= 0.6 is 0 Å². The highest BCUT2D eigenvalue weighted by atomic mass is 14.9. The van der Waals surface area contributed by atoms with Gasteiger partial charge in [0, 0.05) is 6.04 Å². The predicted octanol–water partition coefficient (Wildman–Crippen LogP) is 4.94. The highest BCUT2D eigenvalue weighted by Crippen LogP contribution is 2.42. The van der Waals surface area contributed by atoms with Crippen molar-refractivity contribution in [2.75, 3.05) is 6.54 Å². The fraction of sp³-hybridized carbons (Fsp3) is 0.500. The van der Waals surface area contributed by atoms with Crippen molar-refractivity contribution in [3.8, 4) is 0 Å². The fourth-order valence-corrected chi connectivity index (χ4v) is 4.03. The Kier molecular flexibility index (Phi) is 4.30. The molecule has 1 aliphatic carbocycles. The molecule has 0 heterocycles. The Labute approximate surface area is 128 Å². The van der Waals surface area contributed by atoms with Crippen molar-refractivity contribution >= 4 is 10.8 Å². The first-order chi connectivity index (χ1) is 10.2. The largest absolute Gasteiger partial charge is 0.313 e. The predicted molar refractivity (Wildman–Crippen MR) is 91.7 cm³/mol. The van der Waals surface area contributed by atoms with Gasteiger partial charge in [0.25, 0.3) is 0 Å². The van der Waals surface area contributed by atoms with Crippen LogP contribution in [-0.2, 0) is 6.42 Å². The van der Waals surface area contributed by atoms with E-state index in [1.165, 1.54) is 42.0 Å². The quantitative estimate of drug-likeness (QED) is 0.818. The Bertz CT molecular complexity index is 590. The van der Waals surface area contributed by atoms with Crippen LogP contribution in [0.2, 0.25) is 0 Å². The van der Waals surface area contributed by atoms with Gasteiger partial charge in [0.15, 0.2) is 0 Å². The maximum Gasteiger partial charge on any atom is 0.0161 e. The summed E-state index contributed by atoms with van der Waals surface area (Å²) in [7, 11) is 0. The monoisotopic (exact) mass is 281 g/mol. The minimum absolute atomic E-state index is 0.465. The molecule has 0 bridgehead atoms. The molecular formula is C20H27N. The third-order valence-electron chi connectivity index (χ3n) is 5.34. The normalized spacial score (nSPS) is 19.0. The molecule has 1 aliphatic rings. The SMILES string of the molecule is CCNC(Cc1cccc2ccccc12)C1(C)CCCC1. The molecule has 2 aromatic rings. The summed E-state index contributed by atoms with van der Waals surface area (Å²) in [4.78, 5) is 0. The van der Waals surface area contributed by atoms with Crippen LogP contribution in [0, 0.1) is 5.41 Å². The van der Waals surface area contributed by atoms with Crippen molar-refractivity contribution in [2.45, 2.75) is 52.0 Å². The molecule has 0 saturated heterocycles. The van der Waals surface area contributed by atoms with Crippen LogP contribution < -0.4 is 5.32 Å². The lowest BCUT2D eigenvalue weighted by Gasteiger charge is -2.35.